The lowest BCUT2D eigenvalue weighted by Crippen LogP contribution is -1.83. The molecule has 2 aromatic carbocycles. The lowest BCUT2D eigenvalue weighted by atomic mass is 10.0. The van der Waals surface area contributed by atoms with Crippen molar-refractivity contribution in [3.05, 3.63) is 42.7 Å². The summed E-state index contributed by atoms with van der Waals surface area (Å²) in [6, 6.07) is 8.97. The molecule has 0 saturated carbocycles. The summed E-state index contributed by atoms with van der Waals surface area (Å²) < 4.78 is 4.96. The SMILES string of the molecule is Oc1ccc(-c2conc2-c2cc(O)c(O)c(O)c2)cc1. The van der Waals surface area contributed by atoms with Crippen LogP contribution >= 0.6 is 0 Å². The molecule has 1 aromatic heterocycles. The topological polar surface area (TPSA) is 107 Å². The van der Waals surface area contributed by atoms with E-state index in [-0.39, 0.29) is 5.75 Å². The second-order valence-corrected chi connectivity index (χ2v) is 4.49. The third kappa shape index (κ3) is 2.23. The van der Waals surface area contributed by atoms with Crippen molar-refractivity contribution in [2.75, 3.05) is 0 Å². The van der Waals surface area contributed by atoms with Crippen molar-refractivity contribution in [3.63, 3.8) is 0 Å². The molecule has 21 heavy (non-hydrogen) atoms. The maximum atomic E-state index is 9.58. The monoisotopic (exact) mass is 285 g/mol. The number of aromatic nitrogens is 1. The molecule has 0 amide bonds. The third-order valence-corrected chi connectivity index (χ3v) is 3.09. The van der Waals surface area contributed by atoms with Gasteiger partial charge in [-0.1, -0.05) is 17.3 Å². The van der Waals surface area contributed by atoms with Crippen LogP contribution in [0, 0.1) is 0 Å². The van der Waals surface area contributed by atoms with Gasteiger partial charge < -0.3 is 24.9 Å². The summed E-state index contributed by atoms with van der Waals surface area (Å²) in [5.74, 6) is -1.36. The predicted molar refractivity (Wildman–Crippen MR) is 74.0 cm³/mol. The van der Waals surface area contributed by atoms with Gasteiger partial charge in [0.1, 0.15) is 17.7 Å². The van der Waals surface area contributed by atoms with E-state index >= 15 is 0 Å². The smallest absolute Gasteiger partial charge is 0.200 e. The fraction of sp³-hybridized carbons (Fsp3) is 0. The molecule has 0 spiro atoms. The largest absolute Gasteiger partial charge is 0.508 e. The average molecular weight is 285 g/mol. The number of benzene rings is 2. The van der Waals surface area contributed by atoms with Crippen LogP contribution in [-0.4, -0.2) is 25.6 Å². The zero-order valence-corrected chi connectivity index (χ0v) is 10.7. The number of phenolic OH excluding ortho intramolecular Hbond substituents is 4. The molecule has 0 aliphatic carbocycles. The highest BCUT2D eigenvalue weighted by Gasteiger charge is 2.16. The standard InChI is InChI=1S/C15H11NO5/c17-10-3-1-8(2-4-10)11-7-21-16-14(11)9-5-12(18)15(20)13(19)6-9/h1-7,17-20H. The van der Waals surface area contributed by atoms with Gasteiger partial charge in [-0.05, 0) is 29.8 Å². The fourth-order valence-electron chi connectivity index (χ4n) is 2.03. The average Bonchev–Trinajstić information content (AvgIpc) is 2.94. The van der Waals surface area contributed by atoms with E-state index in [0.29, 0.717) is 16.8 Å². The summed E-state index contributed by atoms with van der Waals surface area (Å²) in [5.41, 5.74) is 2.15. The van der Waals surface area contributed by atoms with Crippen molar-refractivity contribution in [1.82, 2.24) is 5.16 Å². The summed E-state index contributed by atoms with van der Waals surface area (Å²) in [6.07, 6.45) is 1.42. The molecule has 0 atom stereocenters. The molecule has 106 valence electrons. The minimum absolute atomic E-state index is 0.136. The van der Waals surface area contributed by atoms with E-state index in [0.717, 1.165) is 5.56 Å². The molecule has 0 unspecified atom stereocenters. The Bertz CT molecular complexity index is 769. The number of rotatable bonds is 2. The van der Waals surface area contributed by atoms with Gasteiger partial charge in [-0.3, -0.25) is 0 Å². The molecule has 4 N–H and O–H groups in total. The highest BCUT2D eigenvalue weighted by atomic mass is 16.5. The Hall–Kier alpha value is -3.15. The minimum atomic E-state index is -0.589. The van der Waals surface area contributed by atoms with Gasteiger partial charge in [0.05, 0.1) is 0 Å². The molecule has 6 nitrogen and oxygen atoms in total. The second kappa shape index (κ2) is 4.75. The van der Waals surface area contributed by atoms with E-state index < -0.39 is 17.2 Å². The zero-order chi connectivity index (χ0) is 15.0. The van der Waals surface area contributed by atoms with Crippen molar-refractivity contribution in [2.45, 2.75) is 0 Å². The lowest BCUT2D eigenvalue weighted by Gasteiger charge is -2.05. The Labute approximate surface area is 119 Å². The van der Waals surface area contributed by atoms with Crippen LogP contribution in [-0.2, 0) is 0 Å². The van der Waals surface area contributed by atoms with Crippen molar-refractivity contribution < 1.29 is 24.9 Å². The van der Waals surface area contributed by atoms with Gasteiger partial charge in [0.25, 0.3) is 0 Å². The molecule has 3 rings (SSSR count). The van der Waals surface area contributed by atoms with E-state index in [1.54, 1.807) is 12.1 Å². The van der Waals surface area contributed by atoms with Crippen molar-refractivity contribution in [3.8, 4) is 45.4 Å². The van der Waals surface area contributed by atoms with E-state index in [2.05, 4.69) is 5.16 Å². The first-order valence-electron chi connectivity index (χ1n) is 6.05. The zero-order valence-electron chi connectivity index (χ0n) is 10.7. The quantitative estimate of drug-likeness (QED) is 0.539. The molecule has 1 heterocycles. The Morgan fingerprint density at radius 2 is 1.43 bits per heavy atom. The second-order valence-electron chi connectivity index (χ2n) is 4.49. The van der Waals surface area contributed by atoms with Crippen LogP contribution in [0.25, 0.3) is 22.4 Å². The first kappa shape index (κ1) is 12.9. The van der Waals surface area contributed by atoms with E-state index in [9.17, 15) is 20.4 Å². The van der Waals surface area contributed by atoms with Crippen molar-refractivity contribution in [1.29, 1.82) is 0 Å². The van der Waals surface area contributed by atoms with Crippen LogP contribution in [0.4, 0.5) is 0 Å². The maximum absolute atomic E-state index is 9.58. The fourth-order valence-corrected chi connectivity index (χ4v) is 2.03. The molecule has 0 saturated heterocycles. The Morgan fingerprint density at radius 3 is 2.05 bits per heavy atom. The summed E-state index contributed by atoms with van der Waals surface area (Å²) >= 11 is 0. The van der Waals surface area contributed by atoms with Gasteiger partial charge in [0, 0.05) is 11.1 Å². The number of aromatic hydroxyl groups is 4. The van der Waals surface area contributed by atoms with Crippen molar-refractivity contribution >= 4 is 0 Å². The van der Waals surface area contributed by atoms with E-state index in [1.807, 2.05) is 0 Å². The van der Waals surface area contributed by atoms with E-state index in [1.165, 1.54) is 30.5 Å². The van der Waals surface area contributed by atoms with Crippen LogP contribution in [0.2, 0.25) is 0 Å². The highest BCUT2D eigenvalue weighted by Crippen LogP contribution is 2.41. The number of phenols is 4. The number of nitrogens with zero attached hydrogens (tertiary/aromatic N) is 1. The van der Waals surface area contributed by atoms with Gasteiger partial charge in [-0.25, -0.2) is 0 Å². The lowest BCUT2D eigenvalue weighted by molar-refractivity contribution is 0.368. The Morgan fingerprint density at radius 1 is 0.810 bits per heavy atom. The normalized spacial score (nSPS) is 10.7. The molecule has 0 radical (unpaired) electrons. The van der Waals surface area contributed by atoms with Crippen molar-refractivity contribution in [2.24, 2.45) is 0 Å². The Balaban J connectivity index is 2.13. The summed E-state index contributed by atoms with van der Waals surface area (Å²) in [6.45, 7) is 0. The summed E-state index contributed by atoms with van der Waals surface area (Å²) in [4.78, 5) is 0. The first-order valence-corrected chi connectivity index (χ1v) is 6.05. The Kier molecular flexibility index (Phi) is 2.91. The molecule has 0 aliphatic rings. The molecular formula is C15H11NO5. The third-order valence-electron chi connectivity index (χ3n) is 3.09. The molecule has 3 aromatic rings. The molecule has 0 fully saturated rings. The molecular weight excluding hydrogens is 274 g/mol. The molecule has 0 bridgehead atoms. The predicted octanol–water partition coefficient (Wildman–Crippen LogP) is 2.83. The van der Waals surface area contributed by atoms with Crippen LogP contribution in [0.5, 0.6) is 23.0 Å². The van der Waals surface area contributed by atoms with Crippen LogP contribution in [0.3, 0.4) is 0 Å². The minimum Gasteiger partial charge on any atom is -0.508 e. The van der Waals surface area contributed by atoms with Gasteiger partial charge >= 0.3 is 0 Å². The number of hydrogen-bond acceptors (Lipinski definition) is 6. The summed E-state index contributed by atoms with van der Waals surface area (Å²) in [7, 11) is 0. The van der Waals surface area contributed by atoms with Gasteiger partial charge in [0.2, 0.25) is 0 Å². The van der Waals surface area contributed by atoms with Gasteiger partial charge in [0.15, 0.2) is 17.2 Å². The van der Waals surface area contributed by atoms with Crippen LogP contribution in [0.15, 0.2) is 47.2 Å². The first-order chi connectivity index (χ1) is 10.1. The number of hydrogen-bond donors (Lipinski definition) is 4. The highest BCUT2D eigenvalue weighted by molar-refractivity contribution is 5.81. The molecule has 6 heteroatoms. The maximum Gasteiger partial charge on any atom is 0.200 e. The van der Waals surface area contributed by atoms with Gasteiger partial charge in [-0.2, -0.15) is 0 Å². The van der Waals surface area contributed by atoms with E-state index in [4.69, 9.17) is 4.52 Å². The van der Waals surface area contributed by atoms with Crippen LogP contribution in [0.1, 0.15) is 0 Å². The van der Waals surface area contributed by atoms with Gasteiger partial charge in [-0.15, -0.1) is 0 Å². The molecule has 0 aliphatic heterocycles. The summed E-state index contributed by atoms with van der Waals surface area (Å²) in [5, 5.41) is 41.7. The van der Waals surface area contributed by atoms with Crippen LogP contribution < -0.4 is 0 Å².